The number of amides is 3. The number of carbonyl (C=O) groups is 3. The van der Waals surface area contributed by atoms with Gasteiger partial charge < -0.3 is 16.4 Å². The van der Waals surface area contributed by atoms with Gasteiger partial charge in [0, 0.05) is 19.3 Å². The zero-order chi connectivity index (χ0) is 20.5. The molecule has 0 unspecified atom stereocenters. The number of benzene rings is 2. The minimum atomic E-state index is -0.927. The van der Waals surface area contributed by atoms with Crippen molar-refractivity contribution in [2.45, 2.75) is 38.3 Å². The summed E-state index contributed by atoms with van der Waals surface area (Å²) in [4.78, 5) is 35.8. The zero-order valence-electron chi connectivity index (χ0n) is 15.7. The summed E-state index contributed by atoms with van der Waals surface area (Å²) in [5, 5.41) is 5.36. The summed E-state index contributed by atoms with van der Waals surface area (Å²) in [5.74, 6) is -1.80. The number of halogens is 1. The number of nitrogens with one attached hydrogen (secondary N) is 2. The highest BCUT2D eigenvalue weighted by molar-refractivity contribution is 5.88. The van der Waals surface area contributed by atoms with Crippen LogP contribution in [0.1, 0.15) is 36.9 Å². The lowest BCUT2D eigenvalue weighted by Crippen LogP contribution is -2.46. The second kappa shape index (κ2) is 10.2. The molecule has 0 aromatic heterocycles. The van der Waals surface area contributed by atoms with E-state index in [9.17, 15) is 18.8 Å². The van der Waals surface area contributed by atoms with Crippen LogP contribution < -0.4 is 16.4 Å². The Bertz CT molecular complexity index is 809. The molecule has 0 radical (unpaired) electrons. The lowest BCUT2D eigenvalue weighted by atomic mass is 10.0. The number of rotatable bonds is 9. The molecule has 0 saturated carbocycles. The minimum absolute atomic E-state index is 0.00889. The Hall–Kier alpha value is -3.22. The van der Waals surface area contributed by atoms with Crippen LogP contribution in [0.5, 0.6) is 0 Å². The normalized spacial score (nSPS) is 12.6. The Morgan fingerprint density at radius 3 is 2.07 bits per heavy atom. The van der Waals surface area contributed by atoms with E-state index in [0.717, 1.165) is 5.56 Å². The van der Waals surface area contributed by atoms with Crippen LogP contribution in [-0.2, 0) is 20.8 Å². The summed E-state index contributed by atoms with van der Waals surface area (Å²) < 4.78 is 13.0. The molecule has 0 fully saturated rings. The summed E-state index contributed by atoms with van der Waals surface area (Å²) in [6.45, 7) is 1.86. The standard InChI is InChI=1S/C21H24FN3O3/c1-14(16-5-3-2-4-6-16)24-19(26)11-12-20(27)25-18(21(23)28)13-15-7-9-17(22)10-8-15/h2-10,14,18H,11-13H2,1H3,(H2,23,28)(H,24,26)(H,25,27)/t14-,18+/m1/s1. The molecule has 3 amide bonds. The van der Waals surface area contributed by atoms with Gasteiger partial charge in [-0.2, -0.15) is 0 Å². The third kappa shape index (κ3) is 6.83. The summed E-state index contributed by atoms with van der Waals surface area (Å²) in [7, 11) is 0. The van der Waals surface area contributed by atoms with Gasteiger partial charge in [0.15, 0.2) is 0 Å². The number of carbonyl (C=O) groups excluding carboxylic acids is 3. The third-order valence-corrected chi connectivity index (χ3v) is 4.29. The zero-order valence-corrected chi connectivity index (χ0v) is 15.7. The van der Waals surface area contributed by atoms with Gasteiger partial charge in [-0.25, -0.2) is 4.39 Å². The molecule has 0 aliphatic rings. The third-order valence-electron chi connectivity index (χ3n) is 4.29. The predicted octanol–water partition coefficient (Wildman–Crippen LogP) is 2.00. The molecule has 2 atom stereocenters. The Morgan fingerprint density at radius 2 is 1.50 bits per heavy atom. The van der Waals surface area contributed by atoms with Crippen LogP contribution in [-0.4, -0.2) is 23.8 Å². The lowest BCUT2D eigenvalue weighted by Gasteiger charge is -2.16. The molecule has 0 bridgehead atoms. The molecular formula is C21H24FN3O3. The second-order valence-corrected chi connectivity index (χ2v) is 6.55. The highest BCUT2D eigenvalue weighted by Crippen LogP contribution is 2.11. The Kier molecular flexibility index (Phi) is 7.68. The van der Waals surface area contributed by atoms with Crippen molar-refractivity contribution >= 4 is 17.7 Å². The molecule has 0 aliphatic carbocycles. The smallest absolute Gasteiger partial charge is 0.240 e. The minimum Gasteiger partial charge on any atom is -0.368 e. The van der Waals surface area contributed by atoms with Crippen molar-refractivity contribution < 1.29 is 18.8 Å². The predicted molar refractivity (Wildman–Crippen MR) is 103 cm³/mol. The van der Waals surface area contributed by atoms with Gasteiger partial charge in [0.1, 0.15) is 11.9 Å². The van der Waals surface area contributed by atoms with E-state index in [1.54, 1.807) is 0 Å². The molecule has 7 heteroatoms. The van der Waals surface area contributed by atoms with Crippen molar-refractivity contribution in [3.63, 3.8) is 0 Å². The van der Waals surface area contributed by atoms with E-state index in [4.69, 9.17) is 5.73 Å². The summed E-state index contributed by atoms with van der Waals surface area (Å²) >= 11 is 0. The van der Waals surface area contributed by atoms with E-state index in [1.807, 2.05) is 37.3 Å². The molecule has 2 rings (SSSR count). The molecule has 28 heavy (non-hydrogen) atoms. The first-order chi connectivity index (χ1) is 13.3. The maximum atomic E-state index is 13.0. The Balaban J connectivity index is 1.81. The first-order valence-electron chi connectivity index (χ1n) is 9.02. The van der Waals surface area contributed by atoms with E-state index in [0.29, 0.717) is 5.56 Å². The van der Waals surface area contributed by atoms with Crippen LogP contribution in [0.2, 0.25) is 0 Å². The molecule has 0 spiro atoms. The van der Waals surface area contributed by atoms with Crippen molar-refractivity contribution in [2.75, 3.05) is 0 Å². The van der Waals surface area contributed by atoms with Gasteiger partial charge in [-0.1, -0.05) is 42.5 Å². The van der Waals surface area contributed by atoms with E-state index in [-0.39, 0.29) is 37.0 Å². The average molecular weight is 385 g/mol. The maximum absolute atomic E-state index is 13.0. The highest BCUT2D eigenvalue weighted by Gasteiger charge is 2.19. The van der Waals surface area contributed by atoms with Crippen LogP contribution in [0.4, 0.5) is 4.39 Å². The topological polar surface area (TPSA) is 101 Å². The fourth-order valence-corrected chi connectivity index (χ4v) is 2.71. The van der Waals surface area contributed by atoms with Crippen LogP contribution >= 0.6 is 0 Å². The van der Waals surface area contributed by atoms with Gasteiger partial charge in [0.25, 0.3) is 0 Å². The number of nitrogens with two attached hydrogens (primary N) is 1. The molecule has 0 heterocycles. The van der Waals surface area contributed by atoms with E-state index in [2.05, 4.69) is 10.6 Å². The SMILES string of the molecule is C[C@@H](NC(=O)CCC(=O)N[C@@H](Cc1ccc(F)cc1)C(N)=O)c1ccccc1. The molecule has 2 aromatic rings. The van der Waals surface area contributed by atoms with E-state index >= 15 is 0 Å². The Morgan fingerprint density at radius 1 is 0.929 bits per heavy atom. The van der Waals surface area contributed by atoms with Gasteiger partial charge >= 0.3 is 0 Å². The van der Waals surface area contributed by atoms with Crippen LogP contribution in [0.25, 0.3) is 0 Å². The fourth-order valence-electron chi connectivity index (χ4n) is 2.71. The van der Waals surface area contributed by atoms with Crippen LogP contribution in [0.3, 0.4) is 0 Å². The summed E-state index contributed by atoms with van der Waals surface area (Å²) in [6, 6.07) is 14.0. The van der Waals surface area contributed by atoms with Gasteiger partial charge in [-0.05, 0) is 30.2 Å². The van der Waals surface area contributed by atoms with Crippen molar-refractivity contribution in [1.82, 2.24) is 10.6 Å². The number of hydrogen-bond acceptors (Lipinski definition) is 3. The fraction of sp³-hybridized carbons (Fsp3) is 0.286. The second-order valence-electron chi connectivity index (χ2n) is 6.55. The van der Waals surface area contributed by atoms with E-state index < -0.39 is 17.9 Å². The van der Waals surface area contributed by atoms with Crippen LogP contribution in [0.15, 0.2) is 54.6 Å². The molecule has 148 valence electrons. The van der Waals surface area contributed by atoms with E-state index in [1.165, 1.54) is 24.3 Å². The molecular weight excluding hydrogens is 361 g/mol. The molecule has 0 saturated heterocycles. The summed E-state index contributed by atoms with van der Waals surface area (Å²) in [5.41, 5.74) is 6.97. The van der Waals surface area contributed by atoms with Gasteiger partial charge in [-0.3, -0.25) is 14.4 Å². The van der Waals surface area contributed by atoms with Crippen molar-refractivity contribution in [2.24, 2.45) is 5.73 Å². The number of hydrogen-bond donors (Lipinski definition) is 3. The average Bonchev–Trinajstić information content (AvgIpc) is 2.68. The number of primary amides is 1. The van der Waals surface area contributed by atoms with Crippen molar-refractivity contribution in [1.29, 1.82) is 0 Å². The highest BCUT2D eigenvalue weighted by atomic mass is 19.1. The molecule has 0 aliphatic heterocycles. The summed E-state index contributed by atoms with van der Waals surface area (Å²) in [6.07, 6.45) is 0.0736. The lowest BCUT2D eigenvalue weighted by molar-refractivity contribution is -0.129. The Labute approximate surface area is 163 Å². The van der Waals surface area contributed by atoms with Crippen LogP contribution in [0, 0.1) is 5.82 Å². The van der Waals surface area contributed by atoms with Gasteiger partial charge in [-0.15, -0.1) is 0 Å². The monoisotopic (exact) mass is 385 g/mol. The van der Waals surface area contributed by atoms with Gasteiger partial charge in [0.2, 0.25) is 17.7 Å². The molecule has 6 nitrogen and oxygen atoms in total. The maximum Gasteiger partial charge on any atom is 0.240 e. The first kappa shape index (κ1) is 21.1. The molecule has 2 aromatic carbocycles. The van der Waals surface area contributed by atoms with Crippen molar-refractivity contribution in [3.05, 3.63) is 71.5 Å². The quantitative estimate of drug-likeness (QED) is 0.615. The van der Waals surface area contributed by atoms with Crippen molar-refractivity contribution in [3.8, 4) is 0 Å². The van der Waals surface area contributed by atoms with Gasteiger partial charge in [0.05, 0.1) is 6.04 Å². The molecule has 4 N–H and O–H groups in total. The largest absolute Gasteiger partial charge is 0.368 e. The first-order valence-corrected chi connectivity index (χ1v) is 9.02.